The van der Waals surface area contributed by atoms with Crippen molar-refractivity contribution < 1.29 is 9.84 Å². The normalized spacial score (nSPS) is 10.6. The van der Waals surface area contributed by atoms with Gasteiger partial charge in [0.15, 0.2) is 5.65 Å². The van der Waals surface area contributed by atoms with Crippen molar-refractivity contribution >= 4 is 11.0 Å². The Morgan fingerprint density at radius 2 is 2.46 bits per heavy atom. The van der Waals surface area contributed by atoms with Crippen LogP contribution in [0.1, 0.15) is 5.69 Å². The minimum atomic E-state index is -0.0780. The van der Waals surface area contributed by atoms with Gasteiger partial charge in [0.1, 0.15) is 5.75 Å². The predicted molar refractivity (Wildman–Crippen MR) is 46.4 cm³/mol. The SMILES string of the molecule is COc1cnc2n[nH]c(CO)c2c1. The molecule has 68 valence electrons. The molecule has 2 rings (SSSR count). The van der Waals surface area contributed by atoms with E-state index < -0.39 is 0 Å². The van der Waals surface area contributed by atoms with Gasteiger partial charge in [-0.2, -0.15) is 5.10 Å². The van der Waals surface area contributed by atoms with Gasteiger partial charge in [-0.15, -0.1) is 0 Å². The largest absolute Gasteiger partial charge is 0.495 e. The van der Waals surface area contributed by atoms with Crippen molar-refractivity contribution in [2.75, 3.05) is 7.11 Å². The number of aliphatic hydroxyl groups excluding tert-OH is 1. The lowest BCUT2D eigenvalue weighted by atomic mass is 10.2. The number of rotatable bonds is 2. The average molecular weight is 179 g/mol. The summed E-state index contributed by atoms with van der Waals surface area (Å²) in [7, 11) is 1.57. The smallest absolute Gasteiger partial charge is 0.181 e. The molecule has 0 amide bonds. The zero-order valence-corrected chi connectivity index (χ0v) is 7.11. The number of fused-ring (bicyclic) bond motifs is 1. The molecule has 0 spiro atoms. The quantitative estimate of drug-likeness (QED) is 0.702. The second-order valence-corrected chi connectivity index (χ2v) is 2.61. The molecule has 0 unspecified atom stereocenters. The summed E-state index contributed by atoms with van der Waals surface area (Å²) < 4.78 is 5.01. The first kappa shape index (κ1) is 8.00. The maximum atomic E-state index is 8.95. The molecule has 0 atom stereocenters. The Morgan fingerprint density at radius 1 is 1.62 bits per heavy atom. The van der Waals surface area contributed by atoms with Gasteiger partial charge in [0, 0.05) is 5.39 Å². The summed E-state index contributed by atoms with van der Waals surface area (Å²) in [6.07, 6.45) is 1.59. The first-order valence-corrected chi connectivity index (χ1v) is 3.83. The zero-order chi connectivity index (χ0) is 9.26. The molecule has 0 bridgehead atoms. The first-order valence-electron chi connectivity index (χ1n) is 3.83. The van der Waals surface area contributed by atoms with Crippen LogP contribution in [0, 0.1) is 0 Å². The highest BCUT2D eigenvalue weighted by Gasteiger charge is 2.05. The maximum absolute atomic E-state index is 8.95. The molecule has 0 aliphatic heterocycles. The van der Waals surface area contributed by atoms with E-state index in [1.807, 2.05) is 0 Å². The standard InChI is InChI=1S/C8H9N3O2/c1-13-5-2-6-7(4-12)10-11-8(6)9-3-5/h2-3,12H,4H2,1H3,(H,9,10,11). The highest BCUT2D eigenvalue weighted by Crippen LogP contribution is 2.19. The number of hydrogen-bond acceptors (Lipinski definition) is 4. The van der Waals surface area contributed by atoms with Gasteiger partial charge >= 0.3 is 0 Å². The van der Waals surface area contributed by atoms with Crippen molar-refractivity contribution in [1.29, 1.82) is 0 Å². The number of pyridine rings is 1. The van der Waals surface area contributed by atoms with E-state index in [1.165, 1.54) is 0 Å². The number of aliphatic hydroxyl groups is 1. The monoisotopic (exact) mass is 179 g/mol. The van der Waals surface area contributed by atoms with Crippen molar-refractivity contribution in [3.05, 3.63) is 18.0 Å². The van der Waals surface area contributed by atoms with Crippen LogP contribution in [0.3, 0.4) is 0 Å². The lowest BCUT2D eigenvalue weighted by Gasteiger charge is -1.97. The number of ether oxygens (including phenoxy) is 1. The molecule has 0 aromatic carbocycles. The van der Waals surface area contributed by atoms with Crippen LogP contribution in [0.25, 0.3) is 11.0 Å². The molecule has 0 saturated carbocycles. The number of hydrogen-bond donors (Lipinski definition) is 2. The molecular weight excluding hydrogens is 170 g/mol. The molecular formula is C8H9N3O2. The van der Waals surface area contributed by atoms with Crippen LogP contribution >= 0.6 is 0 Å². The Bertz CT molecular complexity index is 424. The summed E-state index contributed by atoms with van der Waals surface area (Å²) in [6.45, 7) is -0.0780. The molecule has 2 aromatic rings. The third kappa shape index (κ3) is 1.23. The molecule has 0 aliphatic carbocycles. The van der Waals surface area contributed by atoms with Gasteiger partial charge in [0.25, 0.3) is 0 Å². The molecule has 13 heavy (non-hydrogen) atoms. The predicted octanol–water partition coefficient (Wildman–Crippen LogP) is 0.459. The van der Waals surface area contributed by atoms with Crippen LogP contribution in [0.5, 0.6) is 5.75 Å². The van der Waals surface area contributed by atoms with E-state index >= 15 is 0 Å². The second kappa shape index (κ2) is 3.02. The topological polar surface area (TPSA) is 71.0 Å². The number of aromatic nitrogens is 3. The minimum absolute atomic E-state index is 0.0780. The number of aromatic amines is 1. The van der Waals surface area contributed by atoms with Gasteiger partial charge in [0.2, 0.25) is 0 Å². The van der Waals surface area contributed by atoms with Crippen molar-refractivity contribution in [3.63, 3.8) is 0 Å². The van der Waals surface area contributed by atoms with Crippen LogP contribution in [0.4, 0.5) is 0 Å². The average Bonchev–Trinajstić information content (AvgIpc) is 2.59. The summed E-state index contributed by atoms with van der Waals surface area (Å²) in [5, 5.41) is 16.4. The second-order valence-electron chi connectivity index (χ2n) is 2.61. The molecule has 0 aliphatic rings. The molecule has 0 radical (unpaired) electrons. The lowest BCUT2D eigenvalue weighted by Crippen LogP contribution is -1.86. The Labute approximate surface area is 74.4 Å². The highest BCUT2D eigenvalue weighted by molar-refractivity contribution is 5.78. The number of methoxy groups -OCH3 is 1. The van der Waals surface area contributed by atoms with Crippen LogP contribution < -0.4 is 4.74 Å². The number of nitrogens with zero attached hydrogens (tertiary/aromatic N) is 2. The molecule has 2 heterocycles. The van der Waals surface area contributed by atoms with Crippen LogP contribution in [-0.2, 0) is 6.61 Å². The lowest BCUT2D eigenvalue weighted by molar-refractivity contribution is 0.278. The Balaban J connectivity index is 2.64. The number of nitrogens with one attached hydrogen (secondary N) is 1. The molecule has 0 saturated heterocycles. The Hall–Kier alpha value is -1.62. The van der Waals surface area contributed by atoms with Crippen LogP contribution in [0.2, 0.25) is 0 Å². The van der Waals surface area contributed by atoms with Crippen LogP contribution in [0.15, 0.2) is 12.3 Å². The maximum Gasteiger partial charge on any atom is 0.181 e. The summed E-state index contributed by atoms with van der Waals surface area (Å²) in [5.41, 5.74) is 1.24. The van der Waals surface area contributed by atoms with Gasteiger partial charge in [-0.05, 0) is 6.07 Å². The van der Waals surface area contributed by atoms with Gasteiger partial charge in [-0.25, -0.2) is 4.98 Å². The van der Waals surface area contributed by atoms with Gasteiger partial charge < -0.3 is 9.84 Å². The van der Waals surface area contributed by atoms with E-state index in [2.05, 4.69) is 15.2 Å². The summed E-state index contributed by atoms with van der Waals surface area (Å²) in [5.74, 6) is 0.656. The van der Waals surface area contributed by atoms with E-state index in [1.54, 1.807) is 19.4 Å². The van der Waals surface area contributed by atoms with Crippen molar-refractivity contribution in [1.82, 2.24) is 15.2 Å². The minimum Gasteiger partial charge on any atom is -0.495 e. The van der Waals surface area contributed by atoms with Crippen molar-refractivity contribution in [2.24, 2.45) is 0 Å². The van der Waals surface area contributed by atoms with E-state index in [4.69, 9.17) is 9.84 Å². The number of H-pyrrole nitrogens is 1. The van der Waals surface area contributed by atoms with E-state index in [9.17, 15) is 0 Å². The summed E-state index contributed by atoms with van der Waals surface area (Å²) in [6, 6.07) is 1.79. The van der Waals surface area contributed by atoms with E-state index in [0.717, 1.165) is 5.39 Å². The Kier molecular flexibility index (Phi) is 1.86. The third-order valence-corrected chi connectivity index (χ3v) is 1.86. The van der Waals surface area contributed by atoms with Gasteiger partial charge in [0.05, 0.1) is 25.6 Å². The van der Waals surface area contributed by atoms with Crippen molar-refractivity contribution in [3.8, 4) is 5.75 Å². The van der Waals surface area contributed by atoms with E-state index in [-0.39, 0.29) is 6.61 Å². The molecule has 2 aromatic heterocycles. The highest BCUT2D eigenvalue weighted by atomic mass is 16.5. The molecule has 0 fully saturated rings. The first-order chi connectivity index (χ1) is 6.35. The van der Waals surface area contributed by atoms with E-state index in [0.29, 0.717) is 17.1 Å². The fraction of sp³-hybridized carbons (Fsp3) is 0.250. The van der Waals surface area contributed by atoms with Crippen LogP contribution in [-0.4, -0.2) is 27.4 Å². The van der Waals surface area contributed by atoms with Gasteiger partial charge in [-0.1, -0.05) is 0 Å². The molecule has 2 N–H and O–H groups in total. The Morgan fingerprint density at radius 3 is 3.15 bits per heavy atom. The van der Waals surface area contributed by atoms with Crippen molar-refractivity contribution in [2.45, 2.75) is 6.61 Å². The summed E-state index contributed by atoms with van der Waals surface area (Å²) in [4.78, 5) is 4.04. The fourth-order valence-corrected chi connectivity index (χ4v) is 1.16. The fourth-order valence-electron chi connectivity index (χ4n) is 1.16. The van der Waals surface area contributed by atoms with Gasteiger partial charge in [-0.3, -0.25) is 5.10 Å². The summed E-state index contributed by atoms with van der Waals surface area (Å²) >= 11 is 0. The zero-order valence-electron chi connectivity index (χ0n) is 7.11. The molecule has 5 nitrogen and oxygen atoms in total. The molecule has 5 heteroatoms. The third-order valence-electron chi connectivity index (χ3n) is 1.86.